The number of carbonyl (C=O) groups excluding carboxylic acids is 1. The highest BCUT2D eigenvalue weighted by atomic mass is 16.5. The molecular weight excluding hydrogens is 204 g/mol. The van der Waals surface area contributed by atoms with Gasteiger partial charge in [0.25, 0.3) is 0 Å². The summed E-state index contributed by atoms with van der Waals surface area (Å²) in [6, 6.07) is 0.364. The molecule has 0 radical (unpaired) electrons. The summed E-state index contributed by atoms with van der Waals surface area (Å²) in [6.45, 7) is 2.76. The Morgan fingerprint density at radius 1 is 1.38 bits per heavy atom. The SMILES string of the molecule is CC1CCC(NC(=O)C2CCC(CN)O2)C1. The van der Waals surface area contributed by atoms with Crippen LogP contribution in [0, 0.1) is 5.92 Å². The van der Waals surface area contributed by atoms with E-state index in [4.69, 9.17) is 10.5 Å². The molecule has 4 unspecified atom stereocenters. The van der Waals surface area contributed by atoms with Crippen LogP contribution in [0.4, 0.5) is 0 Å². The molecule has 92 valence electrons. The molecule has 0 spiro atoms. The molecule has 2 aliphatic rings. The van der Waals surface area contributed by atoms with Gasteiger partial charge in [-0.25, -0.2) is 0 Å². The molecule has 4 heteroatoms. The van der Waals surface area contributed by atoms with Crippen LogP contribution < -0.4 is 11.1 Å². The summed E-state index contributed by atoms with van der Waals surface area (Å²) in [5, 5.41) is 3.09. The molecule has 0 aromatic carbocycles. The quantitative estimate of drug-likeness (QED) is 0.748. The highest BCUT2D eigenvalue weighted by Crippen LogP contribution is 2.25. The largest absolute Gasteiger partial charge is 0.364 e. The Morgan fingerprint density at radius 2 is 2.19 bits per heavy atom. The molecule has 1 saturated heterocycles. The average molecular weight is 226 g/mol. The Bertz CT molecular complexity index is 257. The summed E-state index contributed by atoms with van der Waals surface area (Å²) in [4.78, 5) is 11.9. The zero-order chi connectivity index (χ0) is 11.5. The summed E-state index contributed by atoms with van der Waals surface area (Å²) in [5.41, 5.74) is 5.52. The van der Waals surface area contributed by atoms with Gasteiger partial charge in [-0.15, -0.1) is 0 Å². The first-order valence-corrected chi connectivity index (χ1v) is 6.35. The van der Waals surface area contributed by atoms with Crippen LogP contribution in [0.25, 0.3) is 0 Å². The Morgan fingerprint density at radius 3 is 2.75 bits per heavy atom. The number of hydrogen-bond acceptors (Lipinski definition) is 3. The van der Waals surface area contributed by atoms with E-state index in [1.54, 1.807) is 0 Å². The molecule has 4 atom stereocenters. The van der Waals surface area contributed by atoms with Crippen LogP contribution in [0.1, 0.15) is 39.0 Å². The molecule has 0 aromatic rings. The topological polar surface area (TPSA) is 64.4 Å². The number of carbonyl (C=O) groups is 1. The normalized spacial score (nSPS) is 38.9. The molecule has 2 rings (SSSR count). The van der Waals surface area contributed by atoms with Crippen molar-refractivity contribution in [1.29, 1.82) is 0 Å². The van der Waals surface area contributed by atoms with Gasteiger partial charge in [0, 0.05) is 12.6 Å². The maximum atomic E-state index is 11.9. The third-order valence-electron chi connectivity index (χ3n) is 3.70. The minimum atomic E-state index is -0.260. The van der Waals surface area contributed by atoms with Gasteiger partial charge in [0.2, 0.25) is 5.91 Å². The van der Waals surface area contributed by atoms with E-state index in [2.05, 4.69) is 12.2 Å². The molecule has 1 amide bonds. The fourth-order valence-corrected chi connectivity index (χ4v) is 2.70. The monoisotopic (exact) mass is 226 g/mol. The van der Waals surface area contributed by atoms with Crippen molar-refractivity contribution >= 4 is 5.91 Å². The van der Waals surface area contributed by atoms with Crippen molar-refractivity contribution in [3.05, 3.63) is 0 Å². The van der Waals surface area contributed by atoms with E-state index in [-0.39, 0.29) is 18.1 Å². The Kier molecular flexibility index (Phi) is 3.82. The minimum absolute atomic E-state index is 0.0649. The van der Waals surface area contributed by atoms with Crippen molar-refractivity contribution in [3.8, 4) is 0 Å². The average Bonchev–Trinajstić information content (AvgIpc) is 2.87. The molecule has 1 saturated carbocycles. The Labute approximate surface area is 96.9 Å². The molecular formula is C12H22N2O2. The fraction of sp³-hybridized carbons (Fsp3) is 0.917. The van der Waals surface area contributed by atoms with Crippen molar-refractivity contribution in [3.63, 3.8) is 0 Å². The summed E-state index contributed by atoms with van der Waals surface area (Å²) in [5.74, 6) is 0.807. The fourth-order valence-electron chi connectivity index (χ4n) is 2.70. The lowest BCUT2D eigenvalue weighted by Crippen LogP contribution is -2.40. The molecule has 16 heavy (non-hydrogen) atoms. The lowest BCUT2D eigenvalue weighted by Gasteiger charge is -2.16. The number of hydrogen-bond donors (Lipinski definition) is 2. The summed E-state index contributed by atoms with van der Waals surface area (Å²) < 4.78 is 5.57. The first-order valence-electron chi connectivity index (χ1n) is 6.35. The highest BCUT2D eigenvalue weighted by Gasteiger charge is 2.32. The van der Waals surface area contributed by atoms with E-state index in [1.165, 1.54) is 6.42 Å². The maximum absolute atomic E-state index is 11.9. The first-order chi connectivity index (χ1) is 7.69. The molecule has 1 aliphatic heterocycles. The summed E-state index contributed by atoms with van der Waals surface area (Å²) in [6.07, 6.45) is 4.99. The van der Waals surface area contributed by atoms with Gasteiger partial charge in [0.15, 0.2) is 0 Å². The van der Waals surface area contributed by atoms with Crippen LogP contribution in [0.3, 0.4) is 0 Å². The molecule has 0 bridgehead atoms. The second kappa shape index (κ2) is 5.15. The Balaban J connectivity index is 1.76. The molecule has 1 aliphatic carbocycles. The predicted molar refractivity (Wildman–Crippen MR) is 61.9 cm³/mol. The third-order valence-corrected chi connectivity index (χ3v) is 3.70. The standard InChI is InChI=1S/C12H22N2O2/c1-8-2-3-9(6-8)14-12(15)11-5-4-10(7-13)16-11/h8-11H,2-7,13H2,1H3,(H,14,15). The van der Waals surface area contributed by atoms with Crippen molar-refractivity contribution in [2.75, 3.05) is 6.54 Å². The predicted octanol–water partition coefficient (Wildman–Crippen LogP) is 0.797. The minimum Gasteiger partial charge on any atom is -0.364 e. The van der Waals surface area contributed by atoms with Crippen molar-refractivity contribution < 1.29 is 9.53 Å². The third kappa shape index (κ3) is 2.74. The molecule has 3 N–H and O–H groups in total. The number of ether oxygens (including phenoxy) is 1. The maximum Gasteiger partial charge on any atom is 0.249 e. The van der Waals surface area contributed by atoms with Gasteiger partial charge in [-0.1, -0.05) is 6.92 Å². The summed E-state index contributed by atoms with van der Waals surface area (Å²) >= 11 is 0. The van der Waals surface area contributed by atoms with Gasteiger partial charge < -0.3 is 15.8 Å². The Hall–Kier alpha value is -0.610. The lowest BCUT2D eigenvalue weighted by molar-refractivity contribution is -0.132. The lowest BCUT2D eigenvalue weighted by atomic mass is 10.1. The molecule has 0 aromatic heterocycles. The van der Waals surface area contributed by atoms with Crippen LogP contribution in [0.2, 0.25) is 0 Å². The van der Waals surface area contributed by atoms with Crippen molar-refractivity contribution in [2.24, 2.45) is 11.7 Å². The van der Waals surface area contributed by atoms with Crippen LogP contribution in [-0.4, -0.2) is 30.7 Å². The van der Waals surface area contributed by atoms with Gasteiger partial charge in [-0.2, -0.15) is 0 Å². The second-order valence-corrected chi connectivity index (χ2v) is 5.18. The van der Waals surface area contributed by atoms with E-state index >= 15 is 0 Å². The van der Waals surface area contributed by atoms with Crippen LogP contribution in [0.15, 0.2) is 0 Å². The summed E-state index contributed by atoms with van der Waals surface area (Å²) in [7, 11) is 0. The van der Waals surface area contributed by atoms with Crippen molar-refractivity contribution in [1.82, 2.24) is 5.32 Å². The number of amides is 1. The van der Waals surface area contributed by atoms with Gasteiger partial charge in [-0.3, -0.25) is 4.79 Å². The second-order valence-electron chi connectivity index (χ2n) is 5.18. The van der Waals surface area contributed by atoms with E-state index in [1.807, 2.05) is 0 Å². The zero-order valence-electron chi connectivity index (χ0n) is 9.95. The van der Waals surface area contributed by atoms with E-state index in [9.17, 15) is 4.79 Å². The van der Waals surface area contributed by atoms with E-state index in [0.29, 0.717) is 12.6 Å². The number of nitrogens with one attached hydrogen (secondary N) is 1. The highest BCUT2D eigenvalue weighted by molar-refractivity contribution is 5.81. The van der Waals surface area contributed by atoms with Gasteiger partial charge in [0.1, 0.15) is 6.10 Å². The van der Waals surface area contributed by atoms with E-state index in [0.717, 1.165) is 31.6 Å². The molecule has 2 fully saturated rings. The van der Waals surface area contributed by atoms with Gasteiger partial charge in [-0.05, 0) is 38.0 Å². The van der Waals surface area contributed by atoms with Crippen molar-refractivity contribution in [2.45, 2.75) is 57.3 Å². The first kappa shape index (κ1) is 11.9. The molecule has 4 nitrogen and oxygen atoms in total. The number of rotatable bonds is 3. The molecule has 1 heterocycles. The van der Waals surface area contributed by atoms with Crippen LogP contribution >= 0.6 is 0 Å². The van der Waals surface area contributed by atoms with Crippen LogP contribution in [0.5, 0.6) is 0 Å². The van der Waals surface area contributed by atoms with Gasteiger partial charge >= 0.3 is 0 Å². The number of nitrogens with two attached hydrogens (primary N) is 1. The van der Waals surface area contributed by atoms with Crippen LogP contribution in [-0.2, 0) is 9.53 Å². The van der Waals surface area contributed by atoms with E-state index < -0.39 is 0 Å². The zero-order valence-corrected chi connectivity index (χ0v) is 9.95. The van der Waals surface area contributed by atoms with Gasteiger partial charge in [0.05, 0.1) is 6.10 Å². The smallest absolute Gasteiger partial charge is 0.249 e.